The largest absolute Gasteiger partial charge is 0.337 e. The van der Waals surface area contributed by atoms with Crippen LogP contribution in [0.5, 0.6) is 0 Å². The third-order valence-corrected chi connectivity index (χ3v) is 6.04. The van der Waals surface area contributed by atoms with E-state index in [0.29, 0.717) is 0 Å². The second kappa shape index (κ2) is 4.19. The van der Waals surface area contributed by atoms with E-state index in [1.54, 1.807) is 11.3 Å². The molecule has 0 unspecified atom stereocenters. The summed E-state index contributed by atoms with van der Waals surface area (Å²) in [4.78, 5) is 10.3. The van der Waals surface area contributed by atoms with Crippen molar-refractivity contribution in [1.29, 1.82) is 0 Å². The molecule has 0 saturated heterocycles. The Morgan fingerprint density at radius 3 is 2.55 bits per heavy atom. The van der Waals surface area contributed by atoms with Crippen LogP contribution in [0.2, 0.25) is 0 Å². The first-order valence-corrected chi connectivity index (χ1v) is 8.21. The number of hydrogen-bond donors (Lipinski definition) is 1. The van der Waals surface area contributed by atoms with Gasteiger partial charge in [0.25, 0.3) is 0 Å². The molecule has 1 radical (unpaired) electrons. The molecule has 3 heterocycles. The van der Waals surface area contributed by atoms with Gasteiger partial charge in [0.2, 0.25) is 0 Å². The first kappa shape index (κ1) is 13.9. The minimum absolute atomic E-state index is 0.492. The molecule has 0 spiro atoms. The van der Waals surface area contributed by atoms with Gasteiger partial charge in [0, 0.05) is 4.88 Å². The molecule has 4 nitrogen and oxygen atoms in total. The fourth-order valence-electron chi connectivity index (χ4n) is 3.39. The predicted molar refractivity (Wildman–Crippen MR) is 88.0 cm³/mol. The molecule has 2 aromatic heterocycles. The smallest absolute Gasteiger partial charge is 0.148 e. The van der Waals surface area contributed by atoms with E-state index in [4.69, 9.17) is 0 Å². The summed E-state index contributed by atoms with van der Waals surface area (Å²) in [5, 5.41) is 13.8. The van der Waals surface area contributed by atoms with Crippen LogP contribution < -0.4 is 0 Å². The van der Waals surface area contributed by atoms with Gasteiger partial charge < -0.3 is 4.98 Å². The van der Waals surface area contributed by atoms with E-state index in [9.17, 15) is 5.21 Å². The molecule has 0 atom stereocenters. The quantitative estimate of drug-likeness (QED) is 0.723. The highest BCUT2D eigenvalue weighted by molar-refractivity contribution is 7.15. The standard InChI is InChI=1S/C17H18N3OS/c1-16(2)10-9-13(22-14(10)17(3,4)20(16)21)15-18-11-7-5-6-8-12(11)19-15/h5-9H,1-4H3,(H,18,19). The lowest BCUT2D eigenvalue weighted by Crippen LogP contribution is -2.41. The van der Waals surface area contributed by atoms with Gasteiger partial charge in [-0.2, -0.15) is 0 Å². The Morgan fingerprint density at radius 1 is 1.14 bits per heavy atom. The van der Waals surface area contributed by atoms with E-state index in [2.05, 4.69) is 16.0 Å². The Labute approximate surface area is 133 Å². The van der Waals surface area contributed by atoms with E-state index in [1.165, 1.54) is 5.06 Å². The zero-order chi connectivity index (χ0) is 15.7. The van der Waals surface area contributed by atoms with E-state index in [1.807, 2.05) is 52.0 Å². The van der Waals surface area contributed by atoms with Crippen molar-refractivity contribution in [1.82, 2.24) is 15.0 Å². The van der Waals surface area contributed by atoms with Crippen LogP contribution in [-0.4, -0.2) is 15.0 Å². The minimum Gasteiger partial charge on any atom is -0.337 e. The van der Waals surface area contributed by atoms with E-state index in [0.717, 1.165) is 32.2 Å². The van der Waals surface area contributed by atoms with Crippen LogP contribution in [0, 0.1) is 0 Å². The average Bonchev–Trinajstić information content (AvgIpc) is 3.12. The second-order valence-electron chi connectivity index (χ2n) is 6.87. The number of nitrogens with one attached hydrogen (secondary N) is 1. The van der Waals surface area contributed by atoms with Crippen molar-refractivity contribution >= 4 is 22.4 Å². The van der Waals surface area contributed by atoms with E-state index >= 15 is 0 Å². The number of aromatic amines is 1. The molecular formula is C17H18N3OS. The molecule has 113 valence electrons. The van der Waals surface area contributed by atoms with Gasteiger partial charge in [-0.25, -0.2) is 4.98 Å². The minimum atomic E-state index is -0.500. The maximum atomic E-state index is 12.6. The Hall–Kier alpha value is -1.69. The number of imidazole rings is 1. The molecule has 0 fully saturated rings. The number of thiophene rings is 1. The molecule has 0 amide bonds. The molecule has 1 aromatic carbocycles. The molecule has 1 aliphatic rings. The fraction of sp³-hybridized carbons (Fsp3) is 0.353. The van der Waals surface area contributed by atoms with Gasteiger partial charge in [0.1, 0.15) is 5.82 Å². The Kier molecular flexibility index (Phi) is 2.65. The summed E-state index contributed by atoms with van der Waals surface area (Å²) < 4.78 is 0. The third kappa shape index (κ3) is 1.67. The predicted octanol–water partition coefficient (Wildman–Crippen LogP) is 4.42. The van der Waals surface area contributed by atoms with Crippen molar-refractivity contribution in [2.45, 2.75) is 38.8 Å². The molecule has 0 bridgehead atoms. The summed E-state index contributed by atoms with van der Waals surface area (Å²) in [6, 6.07) is 10.1. The summed E-state index contributed by atoms with van der Waals surface area (Å²) >= 11 is 1.67. The maximum Gasteiger partial charge on any atom is 0.148 e. The van der Waals surface area contributed by atoms with Gasteiger partial charge in [-0.3, -0.25) is 0 Å². The van der Waals surface area contributed by atoms with Crippen LogP contribution in [0.25, 0.3) is 21.7 Å². The maximum absolute atomic E-state index is 12.6. The van der Waals surface area contributed by atoms with Crippen molar-refractivity contribution in [3.05, 3.63) is 40.8 Å². The van der Waals surface area contributed by atoms with Crippen LogP contribution in [0.1, 0.15) is 38.1 Å². The number of H-pyrrole nitrogens is 1. The topological polar surface area (TPSA) is 51.8 Å². The van der Waals surface area contributed by atoms with E-state index in [-0.39, 0.29) is 0 Å². The molecule has 5 heteroatoms. The first-order valence-electron chi connectivity index (χ1n) is 7.39. The number of fused-ring (bicyclic) bond motifs is 2. The lowest BCUT2D eigenvalue weighted by atomic mass is 9.98. The lowest BCUT2D eigenvalue weighted by molar-refractivity contribution is -0.265. The van der Waals surface area contributed by atoms with Gasteiger partial charge in [-0.1, -0.05) is 12.1 Å². The van der Waals surface area contributed by atoms with Crippen LogP contribution in [0.15, 0.2) is 30.3 Å². The lowest BCUT2D eigenvalue weighted by Gasteiger charge is -2.32. The van der Waals surface area contributed by atoms with Crippen molar-refractivity contribution in [2.75, 3.05) is 0 Å². The molecule has 1 N–H and O–H groups in total. The second-order valence-corrected chi connectivity index (χ2v) is 7.92. The Balaban J connectivity index is 1.88. The third-order valence-electron chi connectivity index (χ3n) is 4.59. The summed E-state index contributed by atoms with van der Waals surface area (Å²) in [6.07, 6.45) is 0. The Bertz CT molecular complexity index is 809. The monoisotopic (exact) mass is 312 g/mol. The SMILES string of the molecule is CC1(C)c2cc(-c3nc4ccccc4[nH]3)sc2C(C)(C)N1[O]. The highest BCUT2D eigenvalue weighted by Gasteiger charge is 2.51. The highest BCUT2D eigenvalue weighted by Crippen LogP contribution is 2.53. The number of hydroxylamine groups is 2. The van der Waals surface area contributed by atoms with Gasteiger partial charge >= 0.3 is 0 Å². The van der Waals surface area contributed by atoms with Gasteiger partial charge in [0.05, 0.1) is 27.0 Å². The van der Waals surface area contributed by atoms with Crippen molar-refractivity contribution in [3.8, 4) is 10.7 Å². The van der Waals surface area contributed by atoms with Gasteiger partial charge in [-0.15, -0.1) is 21.6 Å². The van der Waals surface area contributed by atoms with Crippen LogP contribution in [-0.2, 0) is 16.3 Å². The summed E-state index contributed by atoms with van der Waals surface area (Å²) in [5.74, 6) is 0.879. The number of nitrogens with zero attached hydrogens (tertiary/aromatic N) is 2. The normalized spacial score (nSPS) is 19.7. The van der Waals surface area contributed by atoms with Gasteiger partial charge in [-0.05, 0) is 51.5 Å². The molecule has 22 heavy (non-hydrogen) atoms. The summed E-state index contributed by atoms with van der Waals surface area (Å²) in [6.45, 7) is 7.96. The fourth-order valence-corrected chi connectivity index (χ4v) is 4.73. The van der Waals surface area contributed by atoms with Crippen LogP contribution >= 0.6 is 11.3 Å². The number of para-hydroxylation sites is 2. The Morgan fingerprint density at radius 2 is 1.86 bits per heavy atom. The van der Waals surface area contributed by atoms with Crippen molar-refractivity contribution < 1.29 is 5.21 Å². The zero-order valence-electron chi connectivity index (χ0n) is 13.1. The molecule has 0 aliphatic carbocycles. The molecule has 1 aliphatic heterocycles. The molecular weight excluding hydrogens is 294 g/mol. The van der Waals surface area contributed by atoms with Gasteiger partial charge in [0.15, 0.2) is 0 Å². The summed E-state index contributed by atoms with van der Waals surface area (Å²) in [7, 11) is 0. The number of hydrogen-bond acceptors (Lipinski definition) is 3. The zero-order valence-corrected chi connectivity index (χ0v) is 13.9. The number of benzene rings is 1. The van der Waals surface area contributed by atoms with Crippen LogP contribution in [0.3, 0.4) is 0 Å². The van der Waals surface area contributed by atoms with Crippen molar-refractivity contribution in [3.63, 3.8) is 0 Å². The number of aromatic nitrogens is 2. The van der Waals surface area contributed by atoms with Crippen LogP contribution in [0.4, 0.5) is 0 Å². The molecule has 3 aromatic rings. The highest BCUT2D eigenvalue weighted by atomic mass is 32.1. The summed E-state index contributed by atoms with van der Waals surface area (Å²) in [5.41, 5.74) is 2.13. The first-order chi connectivity index (χ1) is 10.3. The van der Waals surface area contributed by atoms with Crippen molar-refractivity contribution in [2.24, 2.45) is 0 Å². The molecule has 4 rings (SSSR count). The molecule has 0 saturated carbocycles. The number of rotatable bonds is 1. The average molecular weight is 312 g/mol. The van der Waals surface area contributed by atoms with E-state index < -0.39 is 11.1 Å².